The van der Waals surface area contributed by atoms with Crippen LogP contribution < -0.4 is 9.47 Å². The van der Waals surface area contributed by atoms with E-state index in [9.17, 15) is 10.2 Å². The van der Waals surface area contributed by atoms with E-state index in [1.165, 1.54) is 30.5 Å². The Balaban J connectivity index is 1.50. The SMILES string of the molecule is COc1ccc2c3c1OC1C(O)C([C@](C)(O)C(C)(C)C)CC4C(C2)N(CC2CC2)CCC341. The number of hydrogen-bond acceptors (Lipinski definition) is 5. The standard InChI is InChI=1S/C27H39NO4/c1-25(2,3)26(4,30)18-13-17-19-12-16-8-9-20(31-5)23-21(16)27(17,24(32-23)22(18)29)10-11-28(19)14-15-6-7-15/h8-9,15,17-19,22,24,29-30H,6-7,10-14H2,1-5H3/t17?,18?,19?,22?,24?,26-,27?/m0/s1. The summed E-state index contributed by atoms with van der Waals surface area (Å²) < 4.78 is 12.4. The molecule has 6 unspecified atom stereocenters. The number of aliphatic hydroxyl groups is 2. The molecular formula is C27H39NO4. The molecule has 1 spiro atoms. The van der Waals surface area contributed by atoms with Crippen molar-refractivity contribution >= 4 is 0 Å². The molecule has 1 saturated heterocycles. The van der Waals surface area contributed by atoms with Crippen LogP contribution in [0.25, 0.3) is 0 Å². The normalized spacial score (nSPS) is 39.8. The Kier molecular flexibility index (Phi) is 4.41. The van der Waals surface area contributed by atoms with Gasteiger partial charge in [0.15, 0.2) is 11.5 Å². The zero-order chi connectivity index (χ0) is 22.6. The minimum atomic E-state index is -0.994. The molecule has 7 atom stereocenters. The van der Waals surface area contributed by atoms with Crippen LogP contribution in [0.4, 0.5) is 0 Å². The molecule has 1 aromatic rings. The van der Waals surface area contributed by atoms with Gasteiger partial charge in [-0.15, -0.1) is 0 Å². The number of piperidine rings is 1. The molecule has 0 aromatic heterocycles. The van der Waals surface area contributed by atoms with Crippen molar-refractivity contribution in [1.29, 1.82) is 0 Å². The van der Waals surface area contributed by atoms with Crippen molar-refractivity contribution in [2.24, 2.45) is 23.2 Å². The Bertz CT molecular complexity index is 932. The van der Waals surface area contributed by atoms with Crippen molar-refractivity contribution in [3.8, 4) is 11.5 Å². The summed E-state index contributed by atoms with van der Waals surface area (Å²) >= 11 is 0. The molecule has 1 aromatic carbocycles. The summed E-state index contributed by atoms with van der Waals surface area (Å²) in [4.78, 5) is 2.75. The lowest BCUT2D eigenvalue weighted by Gasteiger charge is -2.62. The number of likely N-dealkylation sites (tertiary alicyclic amines) is 1. The maximum atomic E-state index is 11.8. The fraction of sp³-hybridized carbons (Fsp3) is 0.778. The second-order valence-corrected chi connectivity index (χ2v) is 12.5. The van der Waals surface area contributed by atoms with E-state index in [2.05, 4.69) is 31.7 Å². The maximum absolute atomic E-state index is 11.8. The van der Waals surface area contributed by atoms with E-state index in [-0.39, 0.29) is 22.9 Å². The molecule has 5 heteroatoms. The number of rotatable bonds is 4. The zero-order valence-electron chi connectivity index (χ0n) is 20.2. The topological polar surface area (TPSA) is 62.2 Å². The molecule has 3 fully saturated rings. The van der Waals surface area contributed by atoms with Gasteiger partial charge in [-0.2, -0.15) is 0 Å². The lowest BCUT2D eigenvalue weighted by Crippen LogP contribution is -2.71. The third kappa shape index (κ3) is 2.62. The molecule has 2 heterocycles. The van der Waals surface area contributed by atoms with E-state index >= 15 is 0 Å². The summed E-state index contributed by atoms with van der Waals surface area (Å²) in [6.45, 7) is 10.4. The van der Waals surface area contributed by atoms with E-state index < -0.39 is 11.7 Å². The Morgan fingerprint density at radius 2 is 1.97 bits per heavy atom. The van der Waals surface area contributed by atoms with Crippen molar-refractivity contribution in [3.05, 3.63) is 23.3 Å². The molecule has 2 bridgehead atoms. The number of nitrogens with zero attached hydrogens (tertiary/aromatic N) is 1. The number of aliphatic hydroxyl groups excluding tert-OH is 1. The average Bonchev–Trinajstić information content (AvgIpc) is 3.48. The van der Waals surface area contributed by atoms with Gasteiger partial charge in [-0.05, 0) is 74.5 Å². The fourth-order valence-electron chi connectivity index (χ4n) is 7.72. The molecule has 176 valence electrons. The molecule has 2 aliphatic heterocycles. The Morgan fingerprint density at radius 1 is 1.22 bits per heavy atom. The molecule has 32 heavy (non-hydrogen) atoms. The first-order valence-corrected chi connectivity index (χ1v) is 12.6. The molecular weight excluding hydrogens is 402 g/mol. The van der Waals surface area contributed by atoms with E-state index in [0.29, 0.717) is 12.0 Å². The molecule has 0 radical (unpaired) electrons. The molecule has 3 aliphatic carbocycles. The number of hydrogen-bond donors (Lipinski definition) is 2. The summed E-state index contributed by atoms with van der Waals surface area (Å²) in [5.74, 6) is 2.63. The van der Waals surface area contributed by atoms with Gasteiger partial charge in [0.1, 0.15) is 6.10 Å². The second kappa shape index (κ2) is 6.64. The molecule has 0 amide bonds. The zero-order valence-corrected chi connectivity index (χ0v) is 20.2. The third-order valence-electron chi connectivity index (χ3n) is 10.1. The van der Waals surface area contributed by atoms with E-state index in [0.717, 1.165) is 43.2 Å². The van der Waals surface area contributed by atoms with Gasteiger partial charge in [-0.25, -0.2) is 0 Å². The van der Waals surface area contributed by atoms with E-state index in [1.54, 1.807) is 7.11 Å². The van der Waals surface area contributed by atoms with Crippen molar-refractivity contribution in [2.45, 2.75) is 89.1 Å². The number of benzene rings is 1. The van der Waals surface area contributed by atoms with Gasteiger partial charge in [0, 0.05) is 29.5 Å². The highest BCUT2D eigenvalue weighted by molar-refractivity contribution is 5.61. The summed E-state index contributed by atoms with van der Waals surface area (Å²) in [7, 11) is 1.70. The predicted molar refractivity (Wildman–Crippen MR) is 123 cm³/mol. The number of methoxy groups -OCH3 is 1. The van der Waals surface area contributed by atoms with Crippen molar-refractivity contribution in [2.75, 3.05) is 20.2 Å². The number of ether oxygens (including phenoxy) is 2. The lowest BCUT2D eigenvalue weighted by molar-refractivity contribution is -0.198. The molecule has 5 aliphatic rings. The molecule has 2 N–H and O–H groups in total. The van der Waals surface area contributed by atoms with Crippen LogP contribution in [0.1, 0.15) is 64.5 Å². The van der Waals surface area contributed by atoms with E-state index in [4.69, 9.17) is 9.47 Å². The first-order valence-electron chi connectivity index (χ1n) is 12.6. The first kappa shape index (κ1) is 21.2. The minimum Gasteiger partial charge on any atom is -0.493 e. The Hall–Kier alpha value is -1.30. The van der Waals surface area contributed by atoms with Gasteiger partial charge in [-0.3, -0.25) is 4.90 Å². The van der Waals surface area contributed by atoms with Gasteiger partial charge in [-0.1, -0.05) is 26.8 Å². The van der Waals surface area contributed by atoms with Gasteiger partial charge in [0.05, 0.1) is 18.8 Å². The highest BCUT2D eigenvalue weighted by atomic mass is 16.5. The second-order valence-electron chi connectivity index (χ2n) is 12.5. The summed E-state index contributed by atoms with van der Waals surface area (Å²) in [6.07, 6.45) is 4.58. The van der Waals surface area contributed by atoms with Crippen LogP contribution in [-0.2, 0) is 11.8 Å². The van der Waals surface area contributed by atoms with Crippen LogP contribution in [0.3, 0.4) is 0 Å². The average molecular weight is 442 g/mol. The highest BCUT2D eigenvalue weighted by Crippen LogP contribution is 2.66. The van der Waals surface area contributed by atoms with Crippen LogP contribution in [0.15, 0.2) is 12.1 Å². The van der Waals surface area contributed by atoms with Gasteiger partial charge < -0.3 is 19.7 Å². The Morgan fingerprint density at radius 3 is 2.62 bits per heavy atom. The molecule has 6 rings (SSSR count). The molecule has 5 nitrogen and oxygen atoms in total. The first-order chi connectivity index (χ1) is 15.1. The summed E-state index contributed by atoms with van der Waals surface area (Å²) in [6, 6.07) is 4.73. The third-order valence-corrected chi connectivity index (χ3v) is 10.1. The summed E-state index contributed by atoms with van der Waals surface area (Å²) in [5.41, 5.74) is 1.17. The van der Waals surface area contributed by atoms with Crippen LogP contribution in [0.5, 0.6) is 11.5 Å². The maximum Gasteiger partial charge on any atom is 0.165 e. The van der Waals surface area contributed by atoms with Crippen molar-refractivity contribution in [1.82, 2.24) is 4.90 Å². The Labute approximate surface area is 192 Å². The van der Waals surface area contributed by atoms with Crippen molar-refractivity contribution in [3.63, 3.8) is 0 Å². The van der Waals surface area contributed by atoms with Crippen LogP contribution in [0.2, 0.25) is 0 Å². The highest BCUT2D eigenvalue weighted by Gasteiger charge is 2.69. The van der Waals surface area contributed by atoms with Gasteiger partial charge in [0.2, 0.25) is 0 Å². The monoisotopic (exact) mass is 441 g/mol. The van der Waals surface area contributed by atoms with Gasteiger partial charge >= 0.3 is 0 Å². The summed E-state index contributed by atoms with van der Waals surface area (Å²) in [5, 5.41) is 23.5. The van der Waals surface area contributed by atoms with Crippen LogP contribution in [0, 0.1) is 23.2 Å². The quantitative estimate of drug-likeness (QED) is 0.749. The lowest BCUT2D eigenvalue weighted by atomic mass is 9.47. The largest absolute Gasteiger partial charge is 0.493 e. The van der Waals surface area contributed by atoms with Crippen LogP contribution in [-0.4, -0.2) is 59.2 Å². The minimum absolute atomic E-state index is 0.175. The fourth-order valence-corrected chi connectivity index (χ4v) is 7.72. The molecule has 2 saturated carbocycles. The van der Waals surface area contributed by atoms with Crippen LogP contribution >= 0.6 is 0 Å². The smallest absolute Gasteiger partial charge is 0.165 e. The van der Waals surface area contributed by atoms with Crippen molar-refractivity contribution < 1.29 is 19.7 Å². The predicted octanol–water partition coefficient (Wildman–Crippen LogP) is 3.53. The van der Waals surface area contributed by atoms with E-state index in [1.807, 2.05) is 13.0 Å². The van der Waals surface area contributed by atoms with Gasteiger partial charge in [0.25, 0.3) is 0 Å².